The van der Waals surface area contributed by atoms with E-state index in [1.165, 1.54) is 9.80 Å². The van der Waals surface area contributed by atoms with Crippen LogP contribution >= 0.6 is 0 Å². The topological polar surface area (TPSA) is 157 Å². The van der Waals surface area contributed by atoms with Gasteiger partial charge in [0, 0.05) is 48.2 Å². The molecule has 38 heavy (non-hydrogen) atoms. The summed E-state index contributed by atoms with van der Waals surface area (Å²) in [6, 6.07) is 9.05. The van der Waals surface area contributed by atoms with Gasteiger partial charge in [-0.1, -0.05) is 12.1 Å². The van der Waals surface area contributed by atoms with Crippen molar-refractivity contribution >= 4 is 46.8 Å². The molecular weight excluding hydrogens is 492 g/mol. The minimum Gasteiger partial charge on any atom is -0.322 e. The van der Waals surface area contributed by atoms with Crippen molar-refractivity contribution in [2.75, 3.05) is 10.9 Å². The molecule has 0 radical (unpaired) electrons. The molecule has 194 valence electrons. The molecule has 4 heterocycles. The van der Waals surface area contributed by atoms with E-state index in [9.17, 15) is 28.8 Å². The smallest absolute Gasteiger partial charge is 0.255 e. The van der Waals surface area contributed by atoms with Gasteiger partial charge in [0.25, 0.3) is 11.8 Å². The number of anilines is 2. The van der Waals surface area contributed by atoms with Gasteiger partial charge in [-0.3, -0.25) is 39.4 Å². The fraction of sp³-hybridized carbons (Fsp3) is 0.308. The van der Waals surface area contributed by atoms with Crippen molar-refractivity contribution in [2.45, 2.75) is 50.9 Å². The van der Waals surface area contributed by atoms with Gasteiger partial charge in [-0.25, -0.2) is 0 Å². The molecule has 12 heteroatoms. The maximum Gasteiger partial charge on any atom is 0.255 e. The molecule has 2 unspecified atom stereocenters. The fourth-order valence-electron chi connectivity index (χ4n) is 5.54. The van der Waals surface area contributed by atoms with Gasteiger partial charge >= 0.3 is 0 Å². The zero-order valence-corrected chi connectivity index (χ0v) is 20.2. The molecule has 12 nitrogen and oxygen atoms in total. The molecule has 0 aromatic heterocycles. The highest BCUT2D eigenvalue weighted by Crippen LogP contribution is 2.35. The lowest BCUT2D eigenvalue weighted by molar-refractivity contribution is -0.138. The first-order valence-electron chi connectivity index (χ1n) is 12.4. The van der Waals surface area contributed by atoms with E-state index in [-0.39, 0.29) is 62.4 Å². The van der Waals surface area contributed by atoms with Gasteiger partial charge in [0.05, 0.1) is 11.4 Å². The predicted octanol–water partition coefficient (Wildman–Crippen LogP) is 0.648. The Morgan fingerprint density at radius 3 is 1.45 bits per heavy atom. The Bertz CT molecular complexity index is 1330. The summed E-state index contributed by atoms with van der Waals surface area (Å²) in [5.74, 6) is -2.17. The van der Waals surface area contributed by atoms with Crippen molar-refractivity contribution in [3.63, 3.8) is 0 Å². The molecule has 2 fully saturated rings. The third kappa shape index (κ3) is 3.85. The quantitative estimate of drug-likeness (QED) is 0.333. The summed E-state index contributed by atoms with van der Waals surface area (Å²) in [6.07, 6.45) is 0.909. The van der Waals surface area contributed by atoms with E-state index in [2.05, 4.69) is 21.5 Å². The number of hydrogen-bond donors (Lipinski definition) is 4. The van der Waals surface area contributed by atoms with Crippen molar-refractivity contribution in [2.24, 2.45) is 0 Å². The SMILES string of the molecule is O=C1CCC(N2Cc3c(NNc4cccc5c4CN(C4CCC(=O)NC4=O)C5=O)cccc3C2=O)C(=O)N1. The lowest BCUT2D eigenvalue weighted by Gasteiger charge is -2.29. The molecule has 2 atom stereocenters. The number of hydrogen-bond acceptors (Lipinski definition) is 8. The van der Waals surface area contributed by atoms with Crippen LogP contribution in [0.5, 0.6) is 0 Å². The maximum absolute atomic E-state index is 13.1. The third-order valence-corrected chi connectivity index (χ3v) is 7.50. The summed E-state index contributed by atoms with van der Waals surface area (Å²) in [6.45, 7) is 0.417. The second-order valence-electron chi connectivity index (χ2n) is 9.71. The second-order valence-corrected chi connectivity index (χ2v) is 9.71. The third-order valence-electron chi connectivity index (χ3n) is 7.50. The Hall–Kier alpha value is -4.74. The molecule has 4 N–H and O–H groups in total. The largest absolute Gasteiger partial charge is 0.322 e. The molecule has 6 rings (SSSR count). The summed E-state index contributed by atoms with van der Waals surface area (Å²) in [4.78, 5) is 77.0. The lowest BCUT2D eigenvalue weighted by Crippen LogP contribution is -2.52. The molecule has 0 bridgehead atoms. The van der Waals surface area contributed by atoms with Crippen molar-refractivity contribution in [3.8, 4) is 0 Å². The van der Waals surface area contributed by atoms with Crippen molar-refractivity contribution in [1.82, 2.24) is 20.4 Å². The number of hydrazine groups is 1. The molecule has 0 aliphatic carbocycles. The number of benzene rings is 2. The highest BCUT2D eigenvalue weighted by atomic mass is 16.2. The minimum atomic E-state index is -0.713. The van der Waals surface area contributed by atoms with Crippen LogP contribution in [-0.2, 0) is 32.3 Å². The average Bonchev–Trinajstić information content (AvgIpc) is 3.40. The summed E-state index contributed by atoms with van der Waals surface area (Å²) in [7, 11) is 0. The molecule has 2 aromatic rings. The van der Waals surface area contributed by atoms with E-state index in [4.69, 9.17) is 0 Å². The normalized spacial score (nSPS) is 22.7. The predicted molar refractivity (Wildman–Crippen MR) is 132 cm³/mol. The van der Waals surface area contributed by atoms with Crippen LogP contribution in [0.3, 0.4) is 0 Å². The van der Waals surface area contributed by atoms with Crippen molar-refractivity contribution < 1.29 is 28.8 Å². The van der Waals surface area contributed by atoms with Gasteiger partial charge in [0.15, 0.2) is 0 Å². The molecular formula is C26H24N6O6. The zero-order chi connectivity index (χ0) is 26.6. The first-order valence-corrected chi connectivity index (χ1v) is 12.4. The minimum absolute atomic E-state index is 0.177. The number of amides is 6. The van der Waals surface area contributed by atoms with Crippen molar-refractivity contribution in [3.05, 3.63) is 58.7 Å². The Balaban J connectivity index is 1.20. The first-order chi connectivity index (χ1) is 18.3. The number of carbonyl (C=O) groups excluding carboxylic acids is 6. The van der Waals surface area contributed by atoms with Gasteiger partial charge < -0.3 is 20.7 Å². The van der Waals surface area contributed by atoms with Gasteiger partial charge in [-0.05, 0) is 37.1 Å². The Kier molecular flexibility index (Phi) is 5.59. The van der Waals surface area contributed by atoms with Gasteiger partial charge in [0.2, 0.25) is 23.6 Å². The van der Waals surface area contributed by atoms with Gasteiger partial charge in [0.1, 0.15) is 12.1 Å². The maximum atomic E-state index is 13.1. The monoisotopic (exact) mass is 516 g/mol. The van der Waals surface area contributed by atoms with Crippen LogP contribution in [0.2, 0.25) is 0 Å². The summed E-state index contributed by atoms with van der Waals surface area (Å²) >= 11 is 0. The Morgan fingerprint density at radius 2 is 1.05 bits per heavy atom. The van der Waals surface area contributed by atoms with Crippen LogP contribution in [0.15, 0.2) is 36.4 Å². The van der Waals surface area contributed by atoms with Crippen LogP contribution in [0.25, 0.3) is 0 Å². The average molecular weight is 517 g/mol. The van der Waals surface area contributed by atoms with Crippen molar-refractivity contribution in [1.29, 1.82) is 0 Å². The lowest BCUT2D eigenvalue weighted by atomic mass is 10.0. The van der Waals surface area contributed by atoms with Gasteiger partial charge in [-0.2, -0.15) is 0 Å². The van der Waals surface area contributed by atoms with E-state index in [1.807, 2.05) is 0 Å². The first kappa shape index (κ1) is 23.6. The van der Waals surface area contributed by atoms with E-state index in [0.29, 0.717) is 33.6 Å². The number of nitrogens with one attached hydrogen (secondary N) is 4. The summed E-state index contributed by atoms with van der Waals surface area (Å²) in [5.41, 5.74) is 9.91. The van der Waals surface area contributed by atoms with E-state index < -0.39 is 23.9 Å². The van der Waals surface area contributed by atoms with Gasteiger partial charge in [-0.15, -0.1) is 0 Å². The Labute approximate surface area is 216 Å². The van der Waals surface area contributed by atoms with Crippen LogP contribution in [0, 0.1) is 0 Å². The number of fused-ring (bicyclic) bond motifs is 2. The number of nitrogens with zero attached hydrogens (tertiary/aromatic N) is 2. The van der Waals surface area contributed by atoms with Crippen LogP contribution in [0.4, 0.5) is 11.4 Å². The molecule has 0 spiro atoms. The Morgan fingerprint density at radius 1 is 0.632 bits per heavy atom. The summed E-state index contributed by atoms with van der Waals surface area (Å²) in [5, 5.41) is 4.60. The standard InChI is InChI=1S/C26H24N6O6/c33-21-9-7-19(23(35)27-21)31-11-15-13(25(31)37)3-1-5-17(15)29-30-18-6-2-4-14-16(18)12-32(26(14)38)20-8-10-22(34)28-24(20)36/h1-6,19-20,29-30H,7-12H2,(H,27,33,35)(H,28,34,36). The molecule has 2 aromatic carbocycles. The summed E-state index contributed by atoms with van der Waals surface area (Å²) < 4.78 is 0. The highest BCUT2D eigenvalue weighted by Gasteiger charge is 2.41. The molecule has 4 aliphatic heterocycles. The van der Waals surface area contributed by atoms with Crippen LogP contribution in [-0.4, -0.2) is 57.3 Å². The zero-order valence-electron chi connectivity index (χ0n) is 20.2. The van der Waals surface area contributed by atoms with E-state index in [0.717, 1.165) is 0 Å². The fourth-order valence-corrected chi connectivity index (χ4v) is 5.54. The molecule has 6 amide bonds. The molecule has 0 saturated carbocycles. The number of imide groups is 2. The molecule has 4 aliphatic rings. The van der Waals surface area contributed by atoms with Crippen LogP contribution in [0.1, 0.15) is 57.5 Å². The van der Waals surface area contributed by atoms with E-state index in [1.54, 1.807) is 36.4 Å². The number of rotatable bonds is 5. The van der Waals surface area contributed by atoms with Crippen LogP contribution < -0.4 is 21.5 Å². The van der Waals surface area contributed by atoms with E-state index >= 15 is 0 Å². The number of carbonyl (C=O) groups is 6. The number of piperidine rings is 2. The highest BCUT2D eigenvalue weighted by molar-refractivity contribution is 6.07. The molecule has 2 saturated heterocycles. The second kappa shape index (κ2) is 8.98.